The van der Waals surface area contributed by atoms with E-state index >= 15 is 0 Å². The third kappa shape index (κ3) is 3.39. The van der Waals surface area contributed by atoms with Crippen molar-refractivity contribution in [3.8, 4) is 5.88 Å². The van der Waals surface area contributed by atoms with Crippen LogP contribution < -0.4 is 10.4 Å². The molecule has 0 bridgehead atoms. The normalized spacial score (nSPS) is 17.8. The molecule has 1 aliphatic heterocycles. The summed E-state index contributed by atoms with van der Waals surface area (Å²) in [7, 11) is 1.54. The number of amides is 1. The lowest BCUT2D eigenvalue weighted by molar-refractivity contribution is 0.0705. The van der Waals surface area contributed by atoms with Gasteiger partial charge in [-0.1, -0.05) is 0 Å². The van der Waals surface area contributed by atoms with Gasteiger partial charge in [0.25, 0.3) is 5.91 Å². The summed E-state index contributed by atoms with van der Waals surface area (Å²) < 4.78 is 5.00. The summed E-state index contributed by atoms with van der Waals surface area (Å²) in [4.78, 5) is 36.2. The fraction of sp³-hybridized carbons (Fsp3) is 0.375. The van der Waals surface area contributed by atoms with Crippen LogP contribution in [-0.2, 0) is 0 Å². The Labute approximate surface area is 133 Å². The molecule has 3 rings (SSSR count). The van der Waals surface area contributed by atoms with Crippen molar-refractivity contribution >= 4 is 5.91 Å². The summed E-state index contributed by atoms with van der Waals surface area (Å²) >= 11 is 0. The van der Waals surface area contributed by atoms with Crippen molar-refractivity contribution in [1.82, 2.24) is 19.9 Å². The van der Waals surface area contributed by atoms with Crippen LogP contribution in [0.4, 0.5) is 0 Å². The Morgan fingerprint density at radius 3 is 2.91 bits per heavy atom. The predicted octanol–water partition coefficient (Wildman–Crippen LogP) is 1.19. The van der Waals surface area contributed by atoms with Gasteiger partial charge in [0, 0.05) is 43.2 Å². The Bertz CT molecular complexity index is 741. The van der Waals surface area contributed by atoms with E-state index in [2.05, 4.69) is 15.0 Å². The second kappa shape index (κ2) is 6.60. The molecule has 23 heavy (non-hydrogen) atoms. The molecule has 7 nitrogen and oxygen atoms in total. The van der Waals surface area contributed by atoms with Gasteiger partial charge in [-0.15, -0.1) is 0 Å². The quantitative estimate of drug-likeness (QED) is 0.919. The minimum Gasteiger partial charge on any atom is -0.481 e. The molecular weight excluding hydrogens is 296 g/mol. The van der Waals surface area contributed by atoms with E-state index in [0.717, 1.165) is 18.5 Å². The number of nitrogens with one attached hydrogen (secondary N) is 1. The highest BCUT2D eigenvalue weighted by Gasteiger charge is 2.26. The Hall–Kier alpha value is -2.70. The molecular formula is C16H18N4O3. The molecule has 1 saturated heterocycles. The highest BCUT2D eigenvalue weighted by molar-refractivity contribution is 5.94. The Morgan fingerprint density at radius 1 is 1.35 bits per heavy atom. The second-order valence-electron chi connectivity index (χ2n) is 5.51. The van der Waals surface area contributed by atoms with Gasteiger partial charge < -0.3 is 14.6 Å². The highest BCUT2D eigenvalue weighted by Crippen LogP contribution is 2.25. The third-order valence-corrected chi connectivity index (χ3v) is 4.04. The fourth-order valence-corrected chi connectivity index (χ4v) is 2.85. The zero-order valence-electron chi connectivity index (χ0n) is 12.9. The number of aromatic amines is 1. The van der Waals surface area contributed by atoms with E-state index in [9.17, 15) is 9.59 Å². The molecule has 0 saturated carbocycles. The highest BCUT2D eigenvalue weighted by atomic mass is 16.5. The van der Waals surface area contributed by atoms with Gasteiger partial charge >= 0.3 is 5.69 Å². The van der Waals surface area contributed by atoms with Crippen molar-refractivity contribution in [3.63, 3.8) is 0 Å². The lowest BCUT2D eigenvalue weighted by atomic mass is 9.94. The summed E-state index contributed by atoms with van der Waals surface area (Å²) in [5.41, 5.74) is 1.01. The number of hydrogen-bond donors (Lipinski definition) is 1. The molecule has 0 aromatic carbocycles. The lowest BCUT2D eigenvalue weighted by Crippen LogP contribution is -2.39. The molecule has 0 unspecified atom stereocenters. The Kier molecular flexibility index (Phi) is 4.36. The second-order valence-corrected chi connectivity index (χ2v) is 5.51. The van der Waals surface area contributed by atoms with Gasteiger partial charge in [-0.2, -0.15) is 0 Å². The number of hydrogen-bond acceptors (Lipinski definition) is 5. The molecule has 2 aromatic rings. The van der Waals surface area contributed by atoms with Crippen LogP contribution >= 0.6 is 0 Å². The van der Waals surface area contributed by atoms with Gasteiger partial charge in [-0.25, -0.2) is 14.8 Å². The topological polar surface area (TPSA) is 88.2 Å². The maximum atomic E-state index is 12.6. The number of likely N-dealkylation sites (tertiary alicyclic amines) is 1. The van der Waals surface area contributed by atoms with Crippen LogP contribution in [-0.4, -0.2) is 46.0 Å². The predicted molar refractivity (Wildman–Crippen MR) is 83.5 cm³/mol. The fourth-order valence-electron chi connectivity index (χ4n) is 2.85. The molecule has 3 heterocycles. The smallest absolute Gasteiger partial charge is 0.345 e. The number of methoxy groups -OCH3 is 1. The van der Waals surface area contributed by atoms with Gasteiger partial charge in [0.2, 0.25) is 5.88 Å². The molecule has 1 N–H and O–H groups in total. The van der Waals surface area contributed by atoms with Crippen LogP contribution in [0, 0.1) is 0 Å². The minimum atomic E-state index is -0.356. The number of H-pyrrole nitrogens is 1. The van der Waals surface area contributed by atoms with Crippen LogP contribution in [0.5, 0.6) is 5.88 Å². The van der Waals surface area contributed by atoms with Crippen molar-refractivity contribution in [1.29, 1.82) is 0 Å². The number of carbonyl (C=O) groups excluding carboxylic acids is 1. The van der Waals surface area contributed by atoms with Gasteiger partial charge in [-0.3, -0.25) is 4.79 Å². The monoisotopic (exact) mass is 314 g/mol. The van der Waals surface area contributed by atoms with Crippen molar-refractivity contribution in [2.45, 2.75) is 18.8 Å². The minimum absolute atomic E-state index is 0.0544. The zero-order valence-corrected chi connectivity index (χ0v) is 12.9. The standard InChI is InChI=1S/C16H18N4O3/c1-23-14-5-4-11(9-18-14)15(21)20-8-2-3-12(10-20)13-6-7-17-16(22)19-13/h4-7,9,12H,2-3,8,10H2,1H3,(H,17,19,22)/t12-/m1/s1. The first-order valence-electron chi connectivity index (χ1n) is 7.52. The van der Waals surface area contributed by atoms with Gasteiger partial charge in [0.1, 0.15) is 0 Å². The van der Waals surface area contributed by atoms with Crippen LogP contribution in [0.1, 0.15) is 34.8 Å². The van der Waals surface area contributed by atoms with E-state index in [1.165, 1.54) is 19.5 Å². The number of aromatic nitrogens is 3. The summed E-state index contributed by atoms with van der Waals surface area (Å²) in [6.45, 7) is 1.28. The number of ether oxygens (including phenoxy) is 1. The van der Waals surface area contributed by atoms with Crippen molar-refractivity contribution < 1.29 is 9.53 Å². The first kappa shape index (κ1) is 15.2. The average Bonchev–Trinajstić information content (AvgIpc) is 2.61. The van der Waals surface area contributed by atoms with Crippen LogP contribution in [0.2, 0.25) is 0 Å². The Morgan fingerprint density at radius 2 is 2.22 bits per heavy atom. The molecule has 120 valence electrons. The SMILES string of the molecule is COc1ccc(C(=O)N2CCC[C@@H](c3ccnc(=O)[nH]3)C2)cn1. The zero-order chi connectivity index (χ0) is 16.2. The summed E-state index contributed by atoms with van der Waals surface area (Å²) in [6.07, 6.45) is 4.86. The molecule has 0 spiro atoms. The van der Waals surface area contributed by atoms with E-state index < -0.39 is 0 Å². The average molecular weight is 314 g/mol. The van der Waals surface area contributed by atoms with E-state index in [-0.39, 0.29) is 17.5 Å². The molecule has 1 atom stereocenters. The number of piperidine rings is 1. The number of nitrogens with zero attached hydrogens (tertiary/aromatic N) is 3. The first-order chi connectivity index (χ1) is 11.2. The number of carbonyl (C=O) groups is 1. The maximum absolute atomic E-state index is 12.6. The summed E-state index contributed by atoms with van der Waals surface area (Å²) in [5.74, 6) is 0.545. The molecule has 7 heteroatoms. The molecule has 1 aliphatic rings. The molecule has 1 amide bonds. The van der Waals surface area contributed by atoms with Crippen LogP contribution in [0.3, 0.4) is 0 Å². The van der Waals surface area contributed by atoms with Crippen molar-refractivity contribution in [2.75, 3.05) is 20.2 Å². The molecule has 0 radical (unpaired) electrons. The molecule has 2 aromatic heterocycles. The van der Waals surface area contributed by atoms with Crippen molar-refractivity contribution in [3.05, 3.63) is 52.3 Å². The molecule has 1 fully saturated rings. The Balaban J connectivity index is 1.74. The maximum Gasteiger partial charge on any atom is 0.345 e. The first-order valence-corrected chi connectivity index (χ1v) is 7.52. The van der Waals surface area contributed by atoms with E-state index in [1.807, 2.05) is 0 Å². The molecule has 0 aliphatic carbocycles. The van der Waals surface area contributed by atoms with E-state index in [4.69, 9.17) is 4.74 Å². The summed E-state index contributed by atoms with van der Waals surface area (Å²) in [5, 5.41) is 0. The van der Waals surface area contributed by atoms with Crippen molar-refractivity contribution in [2.24, 2.45) is 0 Å². The van der Waals surface area contributed by atoms with E-state index in [0.29, 0.717) is 24.5 Å². The van der Waals surface area contributed by atoms with E-state index in [1.54, 1.807) is 23.1 Å². The number of rotatable bonds is 3. The largest absolute Gasteiger partial charge is 0.481 e. The van der Waals surface area contributed by atoms with Crippen LogP contribution in [0.25, 0.3) is 0 Å². The van der Waals surface area contributed by atoms with Crippen LogP contribution in [0.15, 0.2) is 35.4 Å². The lowest BCUT2D eigenvalue weighted by Gasteiger charge is -2.32. The summed E-state index contributed by atoms with van der Waals surface area (Å²) in [6, 6.07) is 5.19. The van der Waals surface area contributed by atoms with Gasteiger partial charge in [0.15, 0.2) is 0 Å². The van der Waals surface area contributed by atoms with Gasteiger partial charge in [-0.05, 0) is 25.0 Å². The van der Waals surface area contributed by atoms with Gasteiger partial charge in [0.05, 0.1) is 12.7 Å². The third-order valence-electron chi connectivity index (χ3n) is 4.04. The number of pyridine rings is 1.